The van der Waals surface area contributed by atoms with Gasteiger partial charge in [-0.3, -0.25) is 9.59 Å². The number of nitrogens with zero attached hydrogens (tertiary/aromatic N) is 1. The van der Waals surface area contributed by atoms with Crippen LogP contribution in [0.1, 0.15) is 36.7 Å². The van der Waals surface area contributed by atoms with E-state index >= 15 is 0 Å². The molecule has 2 aromatic carbocycles. The summed E-state index contributed by atoms with van der Waals surface area (Å²) in [5.41, 5.74) is 3.68. The van der Waals surface area contributed by atoms with Gasteiger partial charge in [-0.05, 0) is 60.9 Å². The molecule has 0 aliphatic carbocycles. The van der Waals surface area contributed by atoms with Crippen molar-refractivity contribution in [2.45, 2.75) is 26.8 Å². The fourth-order valence-corrected chi connectivity index (χ4v) is 2.85. The number of amides is 2. The molecule has 0 radical (unpaired) electrons. The minimum absolute atomic E-state index is 0.129. The minimum atomic E-state index is -0.750. The lowest BCUT2D eigenvalue weighted by atomic mass is 10.0. The van der Waals surface area contributed by atoms with E-state index in [1.54, 1.807) is 18.2 Å². The lowest BCUT2D eigenvalue weighted by Crippen LogP contribution is -2.48. The second-order valence-electron chi connectivity index (χ2n) is 7.00. The van der Waals surface area contributed by atoms with E-state index in [0.29, 0.717) is 23.7 Å². The normalized spacial score (nSPS) is 13.3. The summed E-state index contributed by atoms with van der Waals surface area (Å²) in [4.78, 5) is 25.2. The lowest BCUT2D eigenvalue weighted by molar-refractivity contribution is -0.123. The summed E-state index contributed by atoms with van der Waals surface area (Å²) in [5, 5.41) is 6.75. The number of carbonyl (C=O) groups is 2. The van der Waals surface area contributed by atoms with Crippen LogP contribution < -0.4 is 25.0 Å². The maximum atomic E-state index is 12.6. The Kier molecular flexibility index (Phi) is 6.90. The van der Waals surface area contributed by atoms with Crippen molar-refractivity contribution in [1.82, 2.24) is 10.7 Å². The van der Waals surface area contributed by atoms with Gasteiger partial charge < -0.3 is 19.5 Å². The molecule has 30 heavy (non-hydrogen) atoms. The zero-order chi connectivity index (χ0) is 21.5. The van der Waals surface area contributed by atoms with E-state index in [2.05, 4.69) is 15.8 Å². The maximum absolute atomic E-state index is 12.6. The van der Waals surface area contributed by atoms with Crippen LogP contribution in [0.5, 0.6) is 17.2 Å². The summed E-state index contributed by atoms with van der Waals surface area (Å²) < 4.78 is 15.9. The van der Waals surface area contributed by atoms with E-state index in [-0.39, 0.29) is 18.6 Å². The Balaban J connectivity index is 1.59. The maximum Gasteiger partial charge on any atom is 0.262 e. The number of benzene rings is 2. The molecule has 1 atom stereocenters. The SMILES string of the molecule is CCOc1ccc(C=NNC(=O)[C@H](NC(=O)c2ccc3c(c2)OCO3)C(C)C)cc1. The zero-order valence-electron chi connectivity index (χ0n) is 17.2. The first-order valence-corrected chi connectivity index (χ1v) is 9.74. The second kappa shape index (κ2) is 9.78. The zero-order valence-corrected chi connectivity index (χ0v) is 17.2. The van der Waals surface area contributed by atoms with Gasteiger partial charge in [0.05, 0.1) is 12.8 Å². The minimum Gasteiger partial charge on any atom is -0.494 e. The van der Waals surface area contributed by atoms with Crippen LogP contribution >= 0.6 is 0 Å². The average molecular weight is 411 g/mol. The molecule has 0 fully saturated rings. The molecular formula is C22H25N3O5. The second-order valence-corrected chi connectivity index (χ2v) is 7.00. The Bertz CT molecular complexity index is 925. The van der Waals surface area contributed by atoms with Gasteiger partial charge >= 0.3 is 0 Å². The summed E-state index contributed by atoms with van der Waals surface area (Å²) in [6.07, 6.45) is 1.53. The predicted molar refractivity (Wildman–Crippen MR) is 112 cm³/mol. The highest BCUT2D eigenvalue weighted by atomic mass is 16.7. The fourth-order valence-electron chi connectivity index (χ4n) is 2.85. The summed E-state index contributed by atoms with van der Waals surface area (Å²) in [6.45, 7) is 6.34. The first kappa shape index (κ1) is 21.2. The van der Waals surface area contributed by atoms with Gasteiger partial charge in [-0.1, -0.05) is 13.8 Å². The molecule has 0 unspecified atom stereocenters. The van der Waals surface area contributed by atoms with Crippen LogP contribution in [0, 0.1) is 5.92 Å². The van der Waals surface area contributed by atoms with Crippen molar-refractivity contribution in [2.75, 3.05) is 13.4 Å². The molecule has 2 N–H and O–H groups in total. The first-order valence-electron chi connectivity index (χ1n) is 9.74. The van der Waals surface area contributed by atoms with Gasteiger partial charge in [-0.25, -0.2) is 5.43 Å². The molecule has 158 valence electrons. The van der Waals surface area contributed by atoms with Crippen LogP contribution in [-0.2, 0) is 4.79 Å². The molecule has 0 spiro atoms. The van der Waals surface area contributed by atoms with Gasteiger partial charge in [-0.2, -0.15) is 5.10 Å². The molecule has 1 aliphatic heterocycles. The van der Waals surface area contributed by atoms with Gasteiger partial charge in [0, 0.05) is 5.56 Å². The van der Waals surface area contributed by atoms with Gasteiger partial charge in [-0.15, -0.1) is 0 Å². The Morgan fingerprint density at radius 1 is 1.13 bits per heavy atom. The van der Waals surface area contributed by atoms with Crippen molar-refractivity contribution < 1.29 is 23.8 Å². The van der Waals surface area contributed by atoms with Gasteiger partial charge in [0.1, 0.15) is 11.8 Å². The largest absolute Gasteiger partial charge is 0.494 e. The van der Waals surface area contributed by atoms with Crippen LogP contribution in [0.3, 0.4) is 0 Å². The van der Waals surface area contributed by atoms with Crippen LogP contribution in [0.15, 0.2) is 47.6 Å². The average Bonchev–Trinajstić information content (AvgIpc) is 3.21. The monoisotopic (exact) mass is 411 g/mol. The number of hydrogen-bond donors (Lipinski definition) is 2. The Hall–Kier alpha value is -3.55. The van der Waals surface area contributed by atoms with E-state index in [4.69, 9.17) is 14.2 Å². The number of ether oxygens (including phenoxy) is 3. The summed E-state index contributed by atoms with van der Waals surface area (Å²) in [6, 6.07) is 11.5. The Morgan fingerprint density at radius 2 is 1.87 bits per heavy atom. The lowest BCUT2D eigenvalue weighted by Gasteiger charge is -2.20. The molecule has 3 rings (SSSR count). The molecule has 0 aromatic heterocycles. The number of rotatable bonds is 8. The van der Waals surface area contributed by atoms with E-state index in [9.17, 15) is 9.59 Å². The standard InChI is InChI=1S/C22H25N3O5/c1-4-28-17-8-5-15(6-9-17)12-23-25-22(27)20(14(2)3)24-21(26)16-7-10-18-19(11-16)30-13-29-18/h5-12,14,20H,4,13H2,1-3H3,(H,24,26)(H,25,27)/t20-/m1/s1. The van der Waals surface area contributed by atoms with Crippen LogP contribution in [0.25, 0.3) is 0 Å². The molecule has 2 amide bonds. The van der Waals surface area contributed by atoms with Crippen molar-refractivity contribution in [3.63, 3.8) is 0 Å². The molecule has 2 aromatic rings. The van der Waals surface area contributed by atoms with Crippen molar-refractivity contribution in [1.29, 1.82) is 0 Å². The van der Waals surface area contributed by atoms with Crippen LogP contribution in [-0.4, -0.2) is 37.5 Å². The van der Waals surface area contributed by atoms with Crippen LogP contribution in [0.4, 0.5) is 0 Å². The highest BCUT2D eigenvalue weighted by Crippen LogP contribution is 2.32. The number of nitrogens with one attached hydrogen (secondary N) is 2. The van der Waals surface area contributed by atoms with Crippen molar-refractivity contribution in [3.8, 4) is 17.2 Å². The topological polar surface area (TPSA) is 98.2 Å². The third-order valence-electron chi connectivity index (χ3n) is 4.45. The highest BCUT2D eigenvalue weighted by Gasteiger charge is 2.25. The van der Waals surface area contributed by atoms with E-state index in [1.165, 1.54) is 6.21 Å². The number of carbonyl (C=O) groups excluding carboxylic acids is 2. The van der Waals surface area contributed by atoms with E-state index in [1.807, 2.05) is 45.0 Å². The molecule has 8 nitrogen and oxygen atoms in total. The highest BCUT2D eigenvalue weighted by molar-refractivity contribution is 5.98. The molecule has 0 saturated carbocycles. The van der Waals surface area contributed by atoms with Crippen molar-refractivity contribution in [3.05, 3.63) is 53.6 Å². The van der Waals surface area contributed by atoms with Gasteiger partial charge in [0.15, 0.2) is 11.5 Å². The number of hydrazone groups is 1. The Morgan fingerprint density at radius 3 is 2.57 bits per heavy atom. The first-order chi connectivity index (χ1) is 14.5. The quantitative estimate of drug-likeness (QED) is 0.514. The molecule has 0 saturated heterocycles. The van der Waals surface area contributed by atoms with E-state index < -0.39 is 11.9 Å². The Labute approximate surface area is 175 Å². The molecule has 0 bridgehead atoms. The molecule has 1 aliphatic rings. The van der Waals surface area contributed by atoms with Crippen molar-refractivity contribution >= 4 is 18.0 Å². The van der Waals surface area contributed by atoms with E-state index in [0.717, 1.165) is 11.3 Å². The molecular weight excluding hydrogens is 386 g/mol. The number of fused-ring (bicyclic) bond motifs is 1. The smallest absolute Gasteiger partial charge is 0.262 e. The predicted octanol–water partition coefficient (Wildman–Crippen LogP) is 2.72. The summed E-state index contributed by atoms with van der Waals surface area (Å²) >= 11 is 0. The fraction of sp³-hybridized carbons (Fsp3) is 0.318. The van der Waals surface area contributed by atoms with Gasteiger partial charge in [0.25, 0.3) is 11.8 Å². The summed E-state index contributed by atoms with van der Waals surface area (Å²) in [5.74, 6) is 0.953. The third-order valence-corrected chi connectivity index (χ3v) is 4.45. The van der Waals surface area contributed by atoms with Crippen molar-refractivity contribution in [2.24, 2.45) is 11.0 Å². The molecule has 8 heteroatoms. The molecule has 1 heterocycles. The van der Waals surface area contributed by atoms with Gasteiger partial charge in [0.2, 0.25) is 6.79 Å². The third kappa shape index (κ3) is 5.28. The van der Waals surface area contributed by atoms with Crippen LogP contribution in [0.2, 0.25) is 0 Å². The number of hydrogen-bond acceptors (Lipinski definition) is 6. The summed E-state index contributed by atoms with van der Waals surface area (Å²) in [7, 11) is 0.